The van der Waals surface area contributed by atoms with Gasteiger partial charge in [-0.3, -0.25) is 0 Å². The highest BCUT2D eigenvalue weighted by molar-refractivity contribution is 6.33. The van der Waals surface area contributed by atoms with Gasteiger partial charge in [0.25, 0.3) is 0 Å². The first-order valence-electron chi connectivity index (χ1n) is 6.60. The van der Waals surface area contributed by atoms with Gasteiger partial charge in [-0.1, -0.05) is 11.6 Å². The maximum atomic E-state index is 6.24. The number of benzene rings is 1. The van der Waals surface area contributed by atoms with Crippen LogP contribution in [0.5, 0.6) is 11.5 Å². The number of hydrogen-bond donors (Lipinski definition) is 1. The minimum Gasteiger partial charge on any atom is -0.469 e. The predicted molar refractivity (Wildman–Crippen MR) is 77.7 cm³/mol. The largest absolute Gasteiger partial charge is 0.469 e. The Morgan fingerprint density at radius 1 is 1.30 bits per heavy atom. The summed E-state index contributed by atoms with van der Waals surface area (Å²) in [6, 6.07) is 7.83. The highest BCUT2D eigenvalue weighted by atomic mass is 35.5. The van der Waals surface area contributed by atoms with Gasteiger partial charge < -0.3 is 19.2 Å². The average molecular weight is 294 g/mol. The zero-order valence-corrected chi connectivity index (χ0v) is 11.9. The number of furan rings is 1. The highest BCUT2D eigenvalue weighted by Crippen LogP contribution is 2.39. The van der Waals surface area contributed by atoms with Gasteiger partial charge in [0.15, 0.2) is 11.5 Å². The van der Waals surface area contributed by atoms with Crippen LogP contribution in [0.25, 0.3) is 0 Å². The molecule has 5 heteroatoms. The molecule has 1 aliphatic heterocycles. The molecular formula is C15H16ClNO3. The van der Waals surface area contributed by atoms with Crippen LogP contribution in [0.4, 0.5) is 5.69 Å². The van der Waals surface area contributed by atoms with E-state index in [1.165, 1.54) is 0 Å². The SMILES string of the molecule is CC(CCc1ccco1)Nc1cc2c(cc1Cl)OCO2. The summed E-state index contributed by atoms with van der Waals surface area (Å²) in [4.78, 5) is 0. The summed E-state index contributed by atoms with van der Waals surface area (Å²) in [6.07, 6.45) is 3.55. The van der Waals surface area contributed by atoms with Crippen molar-refractivity contribution in [3.8, 4) is 11.5 Å². The minimum absolute atomic E-state index is 0.253. The number of nitrogens with one attached hydrogen (secondary N) is 1. The molecule has 1 aromatic heterocycles. The van der Waals surface area contributed by atoms with Crippen molar-refractivity contribution in [2.45, 2.75) is 25.8 Å². The van der Waals surface area contributed by atoms with Crippen LogP contribution in [0.1, 0.15) is 19.1 Å². The maximum Gasteiger partial charge on any atom is 0.231 e. The van der Waals surface area contributed by atoms with Crippen LogP contribution in [0.15, 0.2) is 34.9 Å². The van der Waals surface area contributed by atoms with Gasteiger partial charge in [-0.25, -0.2) is 0 Å². The third-order valence-electron chi connectivity index (χ3n) is 3.27. The monoisotopic (exact) mass is 293 g/mol. The quantitative estimate of drug-likeness (QED) is 0.901. The minimum atomic E-state index is 0.253. The molecule has 2 aromatic rings. The summed E-state index contributed by atoms with van der Waals surface area (Å²) in [5.41, 5.74) is 0.864. The van der Waals surface area contributed by atoms with E-state index in [0.29, 0.717) is 10.8 Å². The molecule has 1 unspecified atom stereocenters. The van der Waals surface area contributed by atoms with Gasteiger partial charge in [0, 0.05) is 24.6 Å². The zero-order valence-electron chi connectivity index (χ0n) is 11.2. The highest BCUT2D eigenvalue weighted by Gasteiger charge is 2.17. The second-order valence-electron chi connectivity index (χ2n) is 4.85. The molecule has 106 valence electrons. The first-order chi connectivity index (χ1) is 9.72. The molecule has 0 aliphatic carbocycles. The van der Waals surface area contributed by atoms with Crippen molar-refractivity contribution in [3.05, 3.63) is 41.3 Å². The van der Waals surface area contributed by atoms with Crippen LogP contribution in [0.3, 0.4) is 0 Å². The molecule has 0 fully saturated rings. The summed E-state index contributed by atoms with van der Waals surface area (Å²) in [5.74, 6) is 2.43. The van der Waals surface area contributed by atoms with Gasteiger partial charge in [0.2, 0.25) is 6.79 Å². The summed E-state index contributed by atoms with van der Waals surface area (Å²) in [6.45, 7) is 2.37. The molecule has 2 heterocycles. The lowest BCUT2D eigenvalue weighted by molar-refractivity contribution is 0.174. The fourth-order valence-corrected chi connectivity index (χ4v) is 2.39. The second kappa shape index (κ2) is 5.67. The molecule has 3 rings (SSSR count). The van der Waals surface area contributed by atoms with Crippen molar-refractivity contribution in [2.75, 3.05) is 12.1 Å². The van der Waals surface area contributed by atoms with Gasteiger partial charge in [-0.05, 0) is 25.5 Å². The Bertz CT molecular complexity index is 583. The zero-order chi connectivity index (χ0) is 13.9. The van der Waals surface area contributed by atoms with E-state index in [9.17, 15) is 0 Å². The van der Waals surface area contributed by atoms with Crippen molar-refractivity contribution in [1.82, 2.24) is 0 Å². The number of fused-ring (bicyclic) bond motifs is 1. The maximum absolute atomic E-state index is 6.24. The second-order valence-corrected chi connectivity index (χ2v) is 5.26. The van der Waals surface area contributed by atoms with Gasteiger partial charge in [0.05, 0.1) is 17.0 Å². The first-order valence-corrected chi connectivity index (χ1v) is 6.98. The third-order valence-corrected chi connectivity index (χ3v) is 3.58. The summed E-state index contributed by atoms with van der Waals surface area (Å²) >= 11 is 6.24. The van der Waals surface area contributed by atoms with Crippen LogP contribution < -0.4 is 14.8 Å². The molecule has 1 aromatic carbocycles. The molecule has 1 atom stereocenters. The van der Waals surface area contributed by atoms with E-state index in [4.69, 9.17) is 25.5 Å². The van der Waals surface area contributed by atoms with Crippen molar-refractivity contribution < 1.29 is 13.9 Å². The van der Waals surface area contributed by atoms with Gasteiger partial charge in [-0.15, -0.1) is 0 Å². The number of anilines is 1. The van der Waals surface area contributed by atoms with Crippen molar-refractivity contribution in [3.63, 3.8) is 0 Å². The van der Waals surface area contributed by atoms with Crippen LogP contribution in [-0.2, 0) is 6.42 Å². The number of rotatable bonds is 5. The predicted octanol–water partition coefficient (Wildman–Crippen LogP) is 4.09. The fourth-order valence-electron chi connectivity index (χ4n) is 2.18. The van der Waals surface area contributed by atoms with Crippen LogP contribution in [0.2, 0.25) is 5.02 Å². The topological polar surface area (TPSA) is 43.6 Å². The Morgan fingerprint density at radius 3 is 2.85 bits per heavy atom. The van der Waals surface area contributed by atoms with E-state index in [-0.39, 0.29) is 12.8 Å². The standard InChI is InChI=1S/C15H16ClNO3/c1-10(4-5-11-3-2-6-18-11)17-13-8-15-14(7-12(13)16)19-9-20-15/h2-3,6-8,10,17H,4-5,9H2,1H3. The van der Waals surface area contributed by atoms with Crippen molar-refractivity contribution in [2.24, 2.45) is 0 Å². The number of aryl methyl sites for hydroxylation is 1. The molecule has 4 nitrogen and oxygen atoms in total. The lowest BCUT2D eigenvalue weighted by Crippen LogP contribution is -2.16. The molecule has 1 aliphatic rings. The van der Waals surface area contributed by atoms with Gasteiger partial charge in [0.1, 0.15) is 5.76 Å². The molecule has 20 heavy (non-hydrogen) atoms. The Balaban J connectivity index is 1.62. The summed E-state index contributed by atoms with van der Waals surface area (Å²) in [5, 5.41) is 4.03. The lowest BCUT2D eigenvalue weighted by Gasteiger charge is -2.16. The smallest absolute Gasteiger partial charge is 0.231 e. The van der Waals surface area contributed by atoms with Crippen molar-refractivity contribution >= 4 is 17.3 Å². The van der Waals surface area contributed by atoms with Gasteiger partial charge >= 0.3 is 0 Å². The molecule has 0 amide bonds. The molecule has 0 saturated heterocycles. The summed E-state index contributed by atoms with van der Waals surface area (Å²) < 4.78 is 16.0. The fraction of sp³-hybridized carbons (Fsp3) is 0.333. The third kappa shape index (κ3) is 2.85. The van der Waals surface area contributed by atoms with E-state index in [1.807, 2.05) is 18.2 Å². The molecule has 1 N–H and O–H groups in total. The Hall–Kier alpha value is -1.81. The lowest BCUT2D eigenvalue weighted by atomic mass is 10.1. The van der Waals surface area contributed by atoms with E-state index >= 15 is 0 Å². The molecule has 0 radical (unpaired) electrons. The van der Waals surface area contributed by atoms with E-state index < -0.39 is 0 Å². The number of hydrogen-bond acceptors (Lipinski definition) is 4. The van der Waals surface area contributed by atoms with Crippen LogP contribution >= 0.6 is 11.6 Å². The number of halogens is 1. The molecule has 0 spiro atoms. The first kappa shape index (κ1) is 13.2. The van der Waals surface area contributed by atoms with Crippen LogP contribution in [-0.4, -0.2) is 12.8 Å². The van der Waals surface area contributed by atoms with Gasteiger partial charge in [-0.2, -0.15) is 0 Å². The Labute approximate surface area is 122 Å². The normalized spacial score (nSPS) is 14.3. The molecule has 0 saturated carbocycles. The Kier molecular flexibility index (Phi) is 3.74. The van der Waals surface area contributed by atoms with Crippen LogP contribution in [0, 0.1) is 0 Å². The van der Waals surface area contributed by atoms with E-state index in [1.54, 1.807) is 12.3 Å². The van der Waals surface area contributed by atoms with E-state index in [0.717, 1.165) is 30.0 Å². The summed E-state index contributed by atoms with van der Waals surface area (Å²) in [7, 11) is 0. The Morgan fingerprint density at radius 2 is 2.10 bits per heavy atom. The van der Waals surface area contributed by atoms with Crippen molar-refractivity contribution in [1.29, 1.82) is 0 Å². The number of ether oxygens (including phenoxy) is 2. The molecular weight excluding hydrogens is 278 g/mol. The molecule has 0 bridgehead atoms. The van der Waals surface area contributed by atoms with E-state index in [2.05, 4.69) is 12.2 Å². The average Bonchev–Trinajstić information content (AvgIpc) is 3.07.